The van der Waals surface area contributed by atoms with Crippen molar-refractivity contribution in [3.8, 4) is 0 Å². The van der Waals surface area contributed by atoms with Gasteiger partial charge in [-0.3, -0.25) is 0 Å². The topological polar surface area (TPSA) is 42.8 Å². The molecule has 1 atom stereocenters. The fourth-order valence-electron chi connectivity index (χ4n) is 0.978. The molecule has 0 saturated heterocycles. The summed E-state index contributed by atoms with van der Waals surface area (Å²) in [7, 11) is 1.64. The van der Waals surface area contributed by atoms with Crippen molar-refractivity contribution >= 4 is 34.5 Å². The van der Waals surface area contributed by atoms with Gasteiger partial charge < -0.3 is 9.36 Å². The predicted octanol–water partition coefficient (Wildman–Crippen LogP) is 3.08. The van der Waals surface area contributed by atoms with Crippen molar-refractivity contribution in [3.63, 3.8) is 0 Å². The van der Waals surface area contributed by atoms with Gasteiger partial charge in [0.1, 0.15) is 11.3 Å². The van der Waals surface area contributed by atoms with Crippen LogP contribution in [-0.2, 0) is 21.2 Å². The smallest absolute Gasteiger partial charge is 0.257 e. The van der Waals surface area contributed by atoms with Crippen LogP contribution in [0, 0.1) is 5.92 Å². The largest absolute Gasteiger partial charge is 0.360 e. The van der Waals surface area contributed by atoms with E-state index in [0.717, 1.165) is 10.7 Å². The number of nitrogens with one attached hydrogen (secondary N) is 1. The number of aliphatic imine (C=N–C) groups is 1. The van der Waals surface area contributed by atoms with Gasteiger partial charge in [0, 0.05) is 13.0 Å². The number of allylic oxidation sites excluding steroid dienone is 1. The van der Waals surface area contributed by atoms with E-state index >= 15 is 0 Å². The summed E-state index contributed by atoms with van der Waals surface area (Å²) in [6, 6.07) is 0. The summed E-state index contributed by atoms with van der Waals surface area (Å²) in [4.78, 5) is 10.6. The Morgan fingerprint density at radius 2 is 2.25 bits per heavy atom. The van der Waals surface area contributed by atoms with Crippen LogP contribution < -0.4 is 5.48 Å². The summed E-state index contributed by atoms with van der Waals surface area (Å²) >= 11 is 6.85. The van der Waals surface area contributed by atoms with Crippen LogP contribution in [0.3, 0.4) is 0 Å². The number of rotatable bonds is 4. The third-order valence-corrected chi connectivity index (χ3v) is 6.78. The normalized spacial score (nSPS) is 22.2. The van der Waals surface area contributed by atoms with Gasteiger partial charge in [-0.05, 0) is 13.6 Å². The summed E-state index contributed by atoms with van der Waals surface area (Å²) in [6.45, 7) is 7.99. The van der Waals surface area contributed by atoms with Crippen LogP contribution in [0.25, 0.3) is 0 Å². The summed E-state index contributed by atoms with van der Waals surface area (Å²) in [5.74, 6) is 1.76. The SMILES string of the molecule is COP(C)(=S)S/C(C)=C1/N=C(C(C)C)NO1. The molecule has 1 aliphatic rings. The highest BCUT2D eigenvalue weighted by atomic mass is 32.9. The molecule has 16 heavy (non-hydrogen) atoms. The lowest BCUT2D eigenvalue weighted by molar-refractivity contribution is 0.173. The van der Waals surface area contributed by atoms with Crippen molar-refractivity contribution in [2.75, 3.05) is 13.8 Å². The Balaban J connectivity index is 2.80. The third-order valence-electron chi connectivity index (χ3n) is 1.96. The first-order chi connectivity index (χ1) is 7.35. The molecule has 1 N–H and O–H groups in total. The number of hydrogen-bond donors (Lipinski definition) is 1. The monoisotopic (exact) mass is 280 g/mol. The highest BCUT2D eigenvalue weighted by Gasteiger charge is 2.20. The van der Waals surface area contributed by atoms with E-state index in [2.05, 4.69) is 24.3 Å². The Labute approximate surface area is 106 Å². The Kier molecular flexibility index (Phi) is 4.86. The lowest BCUT2D eigenvalue weighted by Gasteiger charge is -2.13. The standard InChI is InChI=1S/C9H17N2O2PS2/c1-6(2)8-10-9(13-11-8)7(3)16-14(5,15)12-4/h6H,1-5H3,(H,10,11)/b9-7-. The van der Waals surface area contributed by atoms with Crippen molar-refractivity contribution in [3.05, 3.63) is 10.8 Å². The average molecular weight is 280 g/mol. The molecule has 0 aromatic carbocycles. The second kappa shape index (κ2) is 5.54. The molecule has 0 radical (unpaired) electrons. The maximum Gasteiger partial charge on any atom is 0.257 e. The second-order valence-corrected chi connectivity index (χ2v) is 11.9. The molecule has 0 spiro atoms. The van der Waals surface area contributed by atoms with E-state index < -0.39 is 5.47 Å². The fourth-order valence-corrected chi connectivity index (χ4v) is 4.67. The molecule has 4 nitrogen and oxygen atoms in total. The molecule has 7 heteroatoms. The lowest BCUT2D eigenvalue weighted by Crippen LogP contribution is -2.21. The summed E-state index contributed by atoms with van der Waals surface area (Å²) < 4.78 is 5.27. The average Bonchev–Trinajstić information content (AvgIpc) is 2.66. The van der Waals surface area contributed by atoms with Gasteiger partial charge in [-0.1, -0.05) is 37.0 Å². The molecule has 0 amide bonds. The van der Waals surface area contributed by atoms with Gasteiger partial charge in [0.05, 0.1) is 4.91 Å². The molecule has 0 saturated carbocycles. The van der Waals surface area contributed by atoms with Crippen LogP contribution in [0.1, 0.15) is 20.8 Å². The van der Waals surface area contributed by atoms with Crippen LogP contribution in [-0.4, -0.2) is 19.6 Å². The summed E-state index contributed by atoms with van der Waals surface area (Å²) in [6.07, 6.45) is 0. The zero-order valence-electron chi connectivity index (χ0n) is 10.1. The molecule has 1 rings (SSSR count). The van der Waals surface area contributed by atoms with Crippen molar-refractivity contribution in [2.45, 2.75) is 20.8 Å². The van der Waals surface area contributed by atoms with Gasteiger partial charge >= 0.3 is 0 Å². The first-order valence-electron chi connectivity index (χ1n) is 4.91. The predicted molar refractivity (Wildman–Crippen MR) is 74.0 cm³/mol. The molecule has 1 unspecified atom stereocenters. The van der Waals surface area contributed by atoms with Crippen molar-refractivity contribution < 1.29 is 9.36 Å². The Bertz CT molecular complexity index is 380. The van der Waals surface area contributed by atoms with Crippen molar-refractivity contribution in [2.24, 2.45) is 10.9 Å². The minimum atomic E-state index is -1.81. The van der Waals surface area contributed by atoms with E-state index in [1.165, 1.54) is 11.4 Å². The van der Waals surface area contributed by atoms with Crippen LogP contribution in [0.15, 0.2) is 15.8 Å². The van der Waals surface area contributed by atoms with Crippen molar-refractivity contribution in [1.29, 1.82) is 0 Å². The first-order valence-corrected chi connectivity index (χ1v) is 9.50. The highest BCUT2D eigenvalue weighted by Crippen LogP contribution is 2.59. The van der Waals surface area contributed by atoms with E-state index in [9.17, 15) is 0 Å². The van der Waals surface area contributed by atoms with Gasteiger partial charge in [0.2, 0.25) is 0 Å². The maximum absolute atomic E-state index is 5.33. The fraction of sp³-hybridized carbons (Fsp3) is 0.667. The zero-order valence-corrected chi connectivity index (χ0v) is 12.6. The van der Waals surface area contributed by atoms with E-state index in [4.69, 9.17) is 21.2 Å². The van der Waals surface area contributed by atoms with Gasteiger partial charge in [-0.15, -0.1) is 0 Å². The number of hydrogen-bond acceptors (Lipinski definition) is 6. The second-order valence-electron chi connectivity index (χ2n) is 3.76. The van der Waals surface area contributed by atoms with Gasteiger partial charge in [-0.2, -0.15) is 4.99 Å². The Morgan fingerprint density at radius 1 is 1.62 bits per heavy atom. The van der Waals surface area contributed by atoms with E-state index in [-0.39, 0.29) is 0 Å². The summed E-state index contributed by atoms with van der Waals surface area (Å²) in [5, 5.41) is 0. The van der Waals surface area contributed by atoms with E-state index in [1.54, 1.807) is 7.11 Å². The van der Waals surface area contributed by atoms with E-state index in [1.807, 2.05) is 13.6 Å². The summed E-state index contributed by atoms with van der Waals surface area (Å²) in [5.41, 5.74) is 0.997. The number of nitrogens with zero attached hydrogens (tertiary/aromatic N) is 1. The molecular weight excluding hydrogens is 263 g/mol. The molecule has 92 valence electrons. The molecular formula is C9H17N2O2PS2. The van der Waals surface area contributed by atoms with E-state index in [0.29, 0.717) is 11.8 Å². The number of amidine groups is 1. The lowest BCUT2D eigenvalue weighted by atomic mass is 10.2. The highest BCUT2D eigenvalue weighted by molar-refractivity contribution is 8.70. The maximum atomic E-state index is 5.33. The minimum absolute atomic E-state index is 0.322. The molecule has 0 aromatic heterocycles. The minimum Gasteiger partial charge on any atom is -0.360 e. The Morgan fingerprint density at radius 3 is 2.69 bits per heavy atom. The molecule has 0 aliphatic carbocycles. The van der Waals surface area contributed by atoms with Crippen LogP contribution in [0.4, 0.5) is 0 Å². The molecule has 1 aliphatic heterocycles. The molecule has 0 bridgehead atoms. The molecule has 0 fully saturated rings. The molecule has 1 heterocycles. The van der Waals surface area contributed by atoms with Gasteiger partial charge in [0.15, 0.2) is 0 Å². The third kappa shape index (κ3) is 3.77. The van der Waals surface area contributed by atoms with Gasteiger partial charge in [-0.25, -0.2) is 5.48 Å². The van der Waals surface area contributed by atoms with Crippen LogP contribution in [0.2, 0.25) is 0 Å². The van der Waals surface area contributed by atoms with Crippen LogP contribution >= 0.6 is 16.8 Å². The Hall–Kier alpha value is -0.0300. The van der Waals surface area contributed by atoms with Crippen LogP contribution in [0.5, 0.6) is 0 Å². The van der Waals surface area contributed by atoms with Crippen molar-refractivity contribution in [1.82, 2.24) is 5.48 Å². The first kappa shape index (κ1) is 14.0. The zero-order chi connectivity index (χ0) is 12.3. The quantitative estimate of drug-likeness (QED) is 0.802. The number of hydroxylamine groups is 1. The van der Waals surface area contributed by atoms with Gasteiger partial charge in [0.25, 0.3) is 5.88 Å². The molecule has 0 aromatic rings.